The first kappa shape index (κ1) is 20.4. The molecule has 0 saturated heterocycles. The Balaban J connectivity index is 1.80. The summed E-state index contributed by atoms with van der Waals surface area (Å²) in [5.74, 6) is 0.774. The molecule has 0 aromatic heterocycles. The van der Waals surface area contributed by atoms with Gasteiger partial charge >= 0.3 is 0 Å². The van der Waals surface area contributed by atoms with Crippen LogP contribution >= 0.6 is 0 Å². The zero-order chi connectivity index (χ0) is 19.1. The largest absolute Gasteiger partial charge is 0.342 e. The van der Waals surface area contributed by atoms with Gasteiger partial charge in [-0.3, -0.25) is 14.5 Å². The van der Waals surface area contributed by atoms with Crippen molar-refractivity contribution >= 4 is 17.5 Å². The van der Waals surface area contributed by atoms with Gasteiger partial charge in [-0.1, -0.05) is 32.0 Å². The second kappa shape index (κ2) is 9.72. The number of aryl methyl sites for hydroxylation is 1. The maximum Gasteiger partial charge on any atom is 0.238 e. The molecule has 1 saturated carbocycles. The van der Waals surface area contributed by atoms with Gasteiger partial charge in [0.25, 0.3) is 0 Å². The number of nitrogens with one attached hydrogen (secondary N) is 1. The Morgan fingerprint density at radius 1 is 1.08 bits per heavy atom. The molecule has 0 radical (unpaired) electrons. The fourth-order valence-electron chi connectivity index (χ4n) is 3.62. The summed E-state index contributed by atoms with van der Waals surface area (Å²) in [6.07, 6.45) is 5.42. The van der Waals surface area contributed by atoms with E-state index in [0.717, 1.165) is 36.4 Å². The lowest BCUT2D eigenvalue weighted by molar-refractivity contribution is -0.133. The van der Waals surface area contributed by atoms with Crippen molar-refractivity contribution in [1.82, 2.24) is 9.80 Å². The van der Waals surface area contributed by atoms with Crippen LogP contribution in [0.15, 0.2) is 24.3 Å². The predicted molar refractivity (Wildman–Crippen MR) is 106 cm³/mol. The Kier molecular flexibility index (Phi) is 7.64. The first-order chi connectivity index (χ1) is 12.4. The zero-order valence-electron chi connectivity index (χ0n) is 16.6. The van der Waals surface area contributed by atoms with Crippen LogP contribution in [0.5, 0.6) is 0 Å². The van der Waals surface area contributed by atoms with Gasteiger partial charge in [-0.2, -0.15) is 0 Å². The van der Waals surface area contributed by atoms with Crippen LogP contribution in [-0.2, 0) is 16.0 Å². The highest BCUT2D eigenvalue weighted by Crippen LogP contribution is 2.26. The van der Waals surface area contributed by atoms with Crippen LogP contribution in [0.2, 0.25) is 0 Å². The van der Waals surface area contributed by atoms with Gasteiger partial charge in [-0.25, -0.2) is 0 Å². The first-order valence-electron chi connectivity index (χ1n) is 9.72. The third-order valence-electron chi connectivity index (χ3n) is 5.42. The quantitative estimate of drug-likeness (QED) is 0.814. The lowest BCUT2D eigenvalue weighted by Gasteiger charge is -2.34. The molecule has 1 aliphatic carbocycles. The van der Waals surface area contributed by atoms with E-state index in [1.165, 1.54) is 12.8 Å². The van der Waals surface area contributed by atoms with Crippen molar-refractivity contribution in [2.45, 2.75) is 52.0 Å². The summed E-state index contributed by atoms with van der Waals surface area (Å²) in [6, 6.07) is 8.17. The number of amides is 2. The number of carbonyl (C=O) groups excluding carboxylic acids is 2. The SMILES string of the molecule is CCc1ccccc1NC(=O)CN(C)CC(=O)N(C)C1CCC(C)CC1. The van der Waals surface area contributed by atoms with Crippen molar-refractivity contribution < 1.29 is 9.59 Å². The van der Waals surface area contributed by atoms with E-state index in [1.54, 1.807) is 4.90 Å². The molecule has 5 heteroatoms. The number of benzene rings is 1. The van der Waals surface area contributed by atoms with E-state index in [-0.39, 0.29) is 24.9 Å². The number of carbonyl (C=O) groups is 2. The lowest BCUT2D eigenvalue weighted by atomic mass is 9.87. The van der Waals surface area contributed by atoms with Crippen molar-refractivity contribution in [3.63, 3.8) is 0 Å². The minimum absolute atomic E-state index is 0.0876. The van der Waals surface area contributed by atoms with Crippen LogP contribution in [0.3, 0.4) is 0 Å². The molecule has 26 heavy (non-hydrogen) atoms. The molecule has 0 bridgehead atoms. The predicted octanol–water partition coefficient (Wildman–Crippen LogP) is 3.16. The molecule has 1 aromatic rings. The van der Waals surface area contributed by atoms with Gasteiger partial charge in [0.15, 0.2) is 0 Å². The molecule has 1 aliphatic rings. The average molecular weight is 360 g/mol. The van der Waals surface area contributed by atoms with Crippen molar-refractivity contribution in [1.29, 1.82) is 0 Å². The number of anilines is 1. The summed E-state index contributed by atoms with van der Waals surface area (Å²) in [4.78, 5) is 28.5. The van der Waals surface area contributed by atoms with E-state index in [9.17, 15) is 9.59 Å². The molecule has 1 aromatic carbocycles. The van der Waals surface area contributed by atoms with Gasteiger partial charge < -0.3 is 10.2 Å². The summed E-state index contributed by atoms with van der Waals surface area (Å²) in [5.41, 5.74) is 1.97. The van der Waals surface area contributed by atoms with Crippen LogP contribution in [0.4, 0.5) is 5.69 Å². The van der Waals surface area contributed by atoms with Gasteiger partial charge in [0.2, 0.25) is 11.8 Å². The van der Waals surface area contributed by atoms with Gasteiger partial charge in [0.1, 0.15) is 0 Å². The molecule has 0 atom stereocenters. The molecular formula is C21H33N3O2. The van der Waals surface area contributed by atoms with Crippen LogP contribution in [-0.4, -0.2) is 54.8 Å². The maximum absolute atomic E-state index is 12.5. The maximum atomic E-state index is 12.5. The summed E-state index contributed by atoms with van der Waals surface area (Å²) < 4.78 is 0. The fourth-order valence-corrected chi connectivity index (χ4v) is 3.62. The second-order valence-corrected chi connectivity index (χ2v) is 7.65. The smallest absolute Gasteiger partial charge is 0.238 e. The zero-order valence-corrected chi connectivity index (χ0v) is 16.6. The monoisotopic (exact) mass is 359 g/mol. The Labute approximate surface area is 157 Å². The summed E-state index contributed by atoms with van der Waals surface area (Å²) in [6.45, 7) is 4.82. The highest BCUT2D eigenvalue weighted by Gasteiger charge is 2.25. The highest BCUT2D eigenvalue weighted by atomic mass is 16.2. The van der Waals surface area contributed by atoms with Crippen LogP contribution in [0.1, 0.15) is 45.1 Å². The normalized spacial score (nSPS) is 20.0. The molecule has 2 amide bonds. The van der Waals surface area contributed by atoms with Gasteiger partial charge in [0.05, 0.1) is 13.1 Å². The van der Waals surface area contributed by atoms with Crippen LogP contribution in [0.25, 0.3) is 0 Å². The molecule has 144 valence electrons. The first-order valence-corrected chi connectivity index (χ1v) is 9.72. The topological polar surface area (TPSA) is 52.7 Å². The summed E-state index contributed by atoms with van der Waals surface area (Å²) in [5, 5.41) is 2.96. The van der Waals surface area contributed by atoms with Crippen LogP contribution in [0, 0.1) is 5.92 Å². The Bertz CT molecular complexity index is 609. The van der Waals surface area contributed by atoms with Crippen LogP contribution < -0.4 is 5.32 Å². The van der Waals surface area contributed by atoms with Crippen molar-refractivity contribution in [3.8, 4) is 0 Å². The molecule has 0 aliphatic heterocycles. The van der Waals surface area contributed by atoms with E-state index >= 15 is 0 Å². The fraction of sp³-hybridized carbons (Fsp3) is 0.619. The molecule has 1 N–H and O–H groups in total. The molecule has 0 spiro atoms. The van der Waals surface area contributed by atoms with E-state index < -0.39 is 0 Å². The molecule has 0 unspecified atom stereocenters. The average Bonchev–Trinajstić information content (AvgIpc) is 2.61. The van der Waals surface area contributed by atoms with E-state index in [4.69, 9.17) is 0 Å². The molecule has 0 heterocycles. The van der Waals surface area contributed by atoms with E-state index in [0.29, 0.717) is 6.04 Å². The van der Waals surface area contributed by atoms with Crippen molar-refractivity contribution in [3.05, 3.63) is 29.8 Å². The lowest BCUT2D eigenvalue weighted by Crippen LogP contribution is -2.45. The highest BCUT2D eigenvalue weighted by molar-refractivity contribution is 5.93. The summed E-state index contributed by atoms with van der Waals surface area (Å²) >= 11 is 0. The number of nitrogens with zero attached hydrogens (tertiary/aromatic N) is 2. The van der Waals surface area contributed by atoms with Gasteiger partial charge in [-0.15, -0.1) is 0 Å². The number of hydrogen-bond acceptors (Lipinski definition) is 3. The molecule has 2 rings (SSSR count). The Hall–Kier alpha value is -1.88. The number of para-hydroxylation sites is 1. The molecule has 5 nitrogen and oxygen atoms in total. The third kappa shape index (κ3) is 5.84. The van der Waals surface area contributed by atoms with Crippen molar-refractivity contribution in [2.24, 2.45) is 5.92 Å². The third-order valence-corrected chi connectivity index (χ3v) is 5.42. The number of rotatable bonds is 7. The minimum atomic E-state index is -0.0876. The second-order valence-electron chi connectivity index (χ2n) is 7.65. The number of likely N-dealkylation sites (N-methyl/N-ethyl adjacent to an activating group) is 2. The summed E-state index contributed by atoms with van der Waals surface area (Å²) in [7, 11) is 3.72. The minimum Gasteiger partial charge on any atom is -0.342 e. The van der Waals surface area contributed by atoms with Crippen molar-refractivity contribution in [2.75, 3.05) is 32.5 Å². The van der Waals surface area contributed by atoms with Gasteiger partial charge in [0, 0.05) is 18.8 Å². The number of hydrogen-bond donors (Lipinski definition) is 1. The Morgan fingerprint density at radius 2 is 1.73 bits per heavy atom. The van der Waals surface area contributed by atoms with E-state index in [1.807, 2.05) is 43.3 Å². The standard InChI is InChI=1S/C21H33N3O2/c1-5-17-8-6-7-9-19(17)22-20(25)14-23(3)15-21(26)24(4)18-12-10-16(2)11-13-18/h6-9,16,18H,5,10-15H2,1-4H3,(H,22,25). The van der Waals surface area contributed by atoms with Gasteiger partial charge in [-0.05, 0) is 56.7 Å². The molecular weight excluding hydrogens is 326 g/mol. The molecule has 1 fully saturated rings. The Morgan fingerprint density at radius 3 is 2.38 bits per heavy atom. The van der Waals surface area contributed by atoms with E-state index in [2.05, 4.69) is 19.2 Å².